The van der Waals surface area contributed by atoms with Gasteiger partial charge < -0.3 is 4.98 Å². The Labute approximate surface area is 145 Å². The first kappa shape index (κ1) is 15.6. The van der Waals surface area contributed by atoms with E-state index in [9.17, 15) is 9.59 Å². The van der Waals surface area contributed by atoms with Crippen LogP contribution in [0.15, 0.2) is 51.6 Å². The van der Waals surface area contributed by atoms with Crippen molar-refractivity contribution in [2.45, 2.75) is 6.92 Å². The van der Waals surface area contributed by atoms with E-state index in [1.807, 2.05) is 24.3 Å². The molecule has 0 saturated heterocycles. The number of hydrogen-bond donors (Lipinski definition) is 3. The van der Waals surface area contributed by atoms with Gasteiger partial charge >= 0.3 is 0 Å². The minimum absolute atomic E-state index is 0.0204. The first-order valence-electron chi connectivity index (χ1n) is 7.63. The zero-order chi connectivity index (χ0) is 18.1. The van der Waals surface area contributed by atoms with Gasteiger partial charge in [0, 0.05) is 18.5 Å². The fourth-order valence-corrected chi connectivity index (χ4v) is 2.40. The fraction of sp³-hybridized carbons (Fsp3) is 0.0625. The molecule has 0 bridgehead atoms. The molecule has 0 fully saturated rings. The number of fused-ring (bicyclic) bond motifs is 2. The lowest BCUT2D eigenvalue weighted by atomic mass is 10.2. The van der Waals surface area contributed by atoms with Crippen LogP contribution in [-0.2, 0) is 4.79 Å². The lowest BCUT2D eigenvalue weighted by molar-refractivity contribution is -0.114. The number of pyridine rings is 1. The molecule has 10 nitrogen and oxygen atoms in total. The monoisotopic (exact) mass is 348 g/mol. The van der Waals surface area contributed by atoms with E-state index in [0.29, 0.717) is 5.69 Å². The molecule has 0 atom stereocenters. The summed E-state index contributed by atoms with van der Waals surface area (Å²) in [6.45, 7) is 1.31. The Morgan fingerprint density at radius 3 is 2.88 bits per heavy atom. The largest absolute Gasteiger partial charge is 0.315 e. The number of hydrogen-bond acceptors (Lipinski definition) is 7. The third-order valence-electron chi connectivity index (χ3n) is 3.49. The van der Waals surface area contributed by atoms with Crippen LogP contribution >= 0.6 is 0 Å². The number of rotatable bonds is 3. The number of anilines is 1. The maximum Gasteiger partial charge on any atom is 0.278 e. The number of aromatic nitrogens is 5. The minimum Gasteiger partial charge on any atom is -0.315 e. The number of imidazole rings is 1. The molecule has 0 aliphatic rings. The van der Waals surface area contributed by atoms with Crippen LogP contribution in [0.25, 0.3) is 22.1 Å². The number of amides is 1. The van der Waals surface area contributed by atoms with Crippen molar-refractivity contribution >= 4 is 45.6 Å². The number of azo groups is 1. The quantitative estimate of drug-likeness (QED) is 0.488. The van der Waals surface area contributed by atoms with E-state index >= 15 is 0 Å². The molecule has 3 aromatic heterocycles. The van der Waals surface area contributed by atoms with Gasteiger partial charge in [0.1, 0.15) is 0 Å². The van der Waals surface area contributed by atoms with Crippen LogP contribution in [-0.4, -0.2) is 30.8 Å². The molecular weight excluding hydrogens is 336 g/mol. The highest BCUT2D eigenvalue weighted by Crippen LogP contribution is 2.21. The van der Waals surface area contributed by atoms with Gasteiger partial charge in [0.25, 0.3) is 5.56 Å². The van der Waals surface area contributed by atoms with Crippen LogP contribution in [0, 0.1) is 0 Å². The SMILES string of the molecule is CC(=O)Nc1nc2nc(N=Nc3ccc4ncccc4c3)[nH]c2c(=O)[nH]1. The second kappa shape index (κ2) is 6.16. The number of aromatic amines is 2. The third kappa shape index (κ3) is 3.02. The molecule has 4 aromatic rings. The maximum absolute atomic E-state index is 12.0. The molecule has 1 amide bonds. The lowest BCUT2D eigenvalue weighted by Gasteiger charge is -1.98. The average Bonchev–Trinajstić information content (AvgIpc) is 3.03. The maximum atomic E-state index is 12.0. The van der Waals surface area contributed by atoms with Gasteiger partial charge in [-0.3, -0.25) is 24.9 Å². The molecule has 0 aliphatic heterocycles. The van der Waals surface area contributed by atoms with Gasteiger partial charge in [0.05, 0.1) is 11.2 Å². The predicted octanol–water partition coefficient (Wildman–Crippen LogP) is 2.57. The van der Waals surface area contributed by atoms with Crippen molar-refractivity contribution in [2.75, 3.05) is 5.32 Å². The molecule has 1 aromatic carbocycles. The molecule has 0 saturated carbocycles. The third-order valence-corrected chi connectivity index (χ3v) is 3.49. The number of nitrogens with one attached hydrogen (secondary N) is 3. The summed E-state index contributed by atoms with van der Waals surface area (Å²) < 4.78 is 0. The van der Waals surface area contributed by atoms with E-state index in [1.54, 1.807) is 12.3 Å². The average molecular weight is 348 g/mol. The molecule has 10 heteroatoms. The Balaban J connectivity index is 1.67. The first-order valence-corrected chi connectivity index (χ1v) is 7.63. The van der Waals surface area contributed by atoms with Crippen LogP contribution in [0.2, 0.25) is 0 Å². The Morgan fingerprint density at radius 1 is 1.15 bits per heavy atom. The van der Waals surface area contributed by atoms with Gasteiger partial charge in [-0.2, -0.15) is 9.97 Å². The summed E-state index contributed by atoms with van der Waals surface area (Å²) in [4.78, 5) is 40.7. The Hall–Kier alpha value is -3.95. The normalized spacial score (nSPS) is 11.4. The molecule has 0 aliphatic carbocycles. The first-order chi connectivity index (χ1) is 12.6. The molecule has 26 heavy (non-hydrogen) atoms. The fourth-order valence-electron chi connectivity index (χ4n) is 2.40. The van der Waals surface area contributed by atoms with Crippen molar-refractivity contribution < 1.29 is 4.79 Å². The molecule has 4 rings (SSSR count). The number of carbonyl (C=O) groups excluding carboxylic acids is 1. The van der Waals surface area contributed by atoms with Crippen molar-refractivity contribution in [1.82, 2.24) is 24.9 Å². The molecule has 0 spiro atoms. The Kier molecular flexibility index (Phi) is 3.69. The summed E-state index contributed by atoms with van der Waals surface area (Å²) >= 11 is 0. The van der Waals surface area contributed by atoms with Gasteiger partial charge in [0.15, 0.2) is 11.2 Å². The molecule has 0 unspecified atom stereocenters. The summed E-state index contributed by atoms with van der Waals surface area (Å²) in [5.74, 6) is -0.204. The smallest absolute Gasteiger partial charge is 0.278 e. The topological polar surface area (TPSA) is 141 Å². The molecule has 128 valence electrons. The number of benzene rings is 1. The molecule has 3 N–H and O–H groups in total. The highest BCUT2D eigenvalue weighted by Gasteiger charge is 2.10. The number of nitrogens with zero attached hydrogens (tertiary/aromatic N) is 5. The van der Waals surface area contributed by atoms with Gasteiger partial charge in [-0.05, 0) is 24.3 Å². The minimum atomic E-state index is -0.468. The Bertz CT molecular complexity index is 1220. The van der Waals surface area contributed by atoms with Gasteiger partial charge in [-0.15, -0.1) is 10.2 Å². The van der Waals surface area contributed by atoms with Crippen LogP contribution in [0.5, 0.6) is 0 Å². The second-order valence-corrected chi connectivity index (χ2v) is 5.44. The van der Waals surface area contributed by atoms with E-state index in [0.717, 1.165) is 10.9 Å². The predicted molar refractivity (Wildman–Crippen MR) is 94.7 cm³/mol. The van der Waals surface area contributed by atoms with Gasteiger partial charge in [0.2, 0.25) is 17.8 Å². The van der Waals surface area contributed by atoms with Crippen molar-refractivity contribution in [1.29, 1.82) is 0 Å². The van der Waals surface area contributed by atoms with E-state index in [2.05, 4.69) is 40.5 Å². The summed E-state index contributed by atoms with van der Waals surface area (Å²) in [6.07, 6.45) is 1.72. The van der Waals surface area contributed by atoms with E-state index < -0.39 is 5.56 Å². The van der Waals surface area contributed by atoms with Crippen LogP contribution in [0.4, 0.5) is 17.6 Å². The zero-order valence-corrected chi connectivity index (χ0v) is 13.5. The van der Waals surface area contributed by atoms with E-state index in [4.69, 9.17) is 0 Å². The van der Waals surface area contributed by atoms with Gasteiger partial charge in [-0.1, -0.05) is 6.07 Å². The second-order valence-electron chi connectivity index (χ2n) is 5.44. The van der Waals surface area contributed by atoms with Crippen LogP contribution in [0.3, 0.4) is 0 Å². The summed E-state index contributed by atoms with van der Waals surface area (Å²) in [6, 6.07) is 9.23. The summed E-state index contributed by atoms with van der Waals surface area (Å²) in [5, 5.41) is 11.5. The summed E-state index contributed by atoms with van der Waals surface area (Å²) in [5.41, 5.74) is 1.29. The van der Waals surface area contributed by atoms with Crippen LogP contribution in [0.1, 0.15) is 6.92 Å². The summed E-state index contributed by atoms with van der Waals surface area (Å²) in [7, 11) is 0. The molecule has 3 heterocycles. The van der Waals surface area contributed by atoms with Gasteiger partial charge in [-0.25, -0.2) is 0 Å². The number of H-pyrrole nitrogens is 2. The van der Waals surface area contributed by atoms with Crippen molar-refractivity contribution in [2.24, 2.45) is 10.2 Å². The molecular formula is C16H12N8O2. The van der Waals surface area contributed by atoms with Crippen LogP contribution < -0.4 is 10.9 Å². The van der Waals surface area contributed by atoms with Crippen molar-refractivity contribution in [3.05, 3.63) is 46.9 Å². The standard InChI is InChI=1S/C16H12N8O2/c1-8(25)18-15-20-13-12(14(26)22-15)19-16(21-13)24-23-10-4-5-11-9(7-10)3-2-6-17-11/h2-7H,1H3,(H3,18,19,20,21,22,25,26). The van der Waals surface area contributed by atoms with E-state index in [1.165, 1.54) is 6.92 Å². The highest BCUT2D eigenvalue weighted by molar-refractivity contribution is 5.87. The van der Waals surface area contributed by atoms with Crippen molar-refractivity contribution in [3.8, 4) is 0 Å². The highest BCUT2D eigenvalue weighted by atomic mass is 16.1. The van der Waals surface area contributed by atoms with Crippen molar-refractivity contribution in [3.63, 3.8) is 0 Å². The lowest BCUT2D eigenvalue weighted by Crippen LogP contribution is -2.15. The Morgan fingerprint density at radius 2 is 2.04 bits per heavy atom. The van der Waals surface area contributed by atoms with E-state index in [-0.39, 0.29) is 29.0 Å². The number of carbonyl (C=O) groups is 1. The zero-order valence-electron chi connectivity index (χ0n) is 13.5. The molecule has 0 radical (unpaired) electrons.